The van der Waals surface area contributed by atoms with Crippen LogP contribution in [-0.4, -0.2) is 41.6 Å². The zero-order valence-electron chi connectivity index (χ0n) is 27.4. The summed E-state index contributed by atoms with van der Waals surface area (Å²) in [7, 11) is 0. The predicted molar refractivity (Wildman–Crippen MR) is 174 cm³/mol. The third kappa shape index (κ3) is 27.0. The number of carbonyl (C=O) groups excluding carboxylic acids is 2. The highest BCUT2D eigenvalue weighted by molar-refractivity contribution is 5.83. The number of carboxylic acids is 1. The highest BCUT2D eigenvalue weighted by Crippen LogP contribution is 2.18. The molecule has 2 atom stereocenters. The molecule has 0 aliphatic rings. The Labute approximate surface area is 258 Å². The van der Waals surface area contributed by atoms with Crippen LogP contribution >= 0.6 is 0 Å². The second-order valence-corrected chi connectivity index (χ2v) is 11.9. The molecule has 0 aliphatic carbocycles. The summed E-state index contributed by atoms with van der Waals surface area (Å²) in [5.74, 6) is -1.25. The van der Waals surface area contributed by atoms with Gasteiger partial charge in [-0.2, -0.15) is 0 Å². The molecule has 7 heteroatoms. The number of carboxylic acid groups (broad SMARTS) is 1. The molecule has 0 fully saturated rings. The van der Waals surface area contributed by atoms with E-state index < -0.39 is 12.0 Å². The van der Waals surface area contributed by atoms with E-state index in [1.165, 1.54) is 70.6 Å². The maximum atomic E-state index is 12.6. The summed E-state index contributed by atoms with van der Waals surface area (Å²) in [6.45, 7) is 4.85. The van der Waals surface area contributed by atoms with Crippen LogP contribution in [-0.2, 0) is 19.1 Å². The van der Waals surface area contributed by atoms with E-state index in [-0.39, 0.29) is 18.0 Å². The van der Waals surface area contributed by atoms with Gasteiger partial charge < -0.3 is 20.9 Å². The van der Waals surface area contributed by atoms with Gasteiger partial charge in [-0.15, -0.1) is 0 Å². The van der Waals surface area contributed by atoms with Gasteiger partial charge in [-0.25, -0.2) is 4.79 Å². The number of rotatable bonds is 31. The van der Waals surface area contributed by atoms with Crippen molar-refractivity contribution in [3.8, 4) is 0 Å². The number of hydrogen-bond donors (Lipinski definition) is 3. The number of allylic oxidation sites excluding steroid dienone is 2. The number of ether oxygens (including phenoxy) is 1. The van der Waals surface area contributed by atoms with Gasteiger partial charge in [0.05, 0.1) is 0 Å². The summed E-state index contributed by atoms with van der Waals surface area (Å²) in [6.07, 6.45) is 29.7. The van der Waals surface area contributed by atoms with Crippen molar-refractivity contribution < 1.29 is 24.2 Å². The van der Waals surface area contributed by atoms with E-state index in [0.29, 0.717) is 32.2 Å². The van der Waals surface area contributed by atoms with E-state index in [2.05, 4.69) is 31.3 Å². The predicted octanol–water partition coefficient (Wildman–Crippen LogP) is 8.77. The molecular formula is C35H66N2O5. The van der Waals surface area contributed by atoms with Crippen molar-refractivity contribution in [1.82, 2.24) is 5.32 Å². The van der Waals surface area contributed by atoms with Gasteiger partial charge in [-0.05, 0) is 77.2 Å². The highest BCUT2D eigenvalue weighted by Gasteiger charge is 2.19. The summed E-state index contributed by atoms with van der Waals surface area (Å²) < 4.78 is 5.95. The quantitative estimate of drug-likeness (QED) is 0.0419. The number of esters is 1. The molecule has 0 radical (unpaired) electrons. The fourth-order valence-electron chi connectivity index (χ4n) is 5.16. The lowest BCUT2D eigenvalue weighted by Crippen LogP contribution is -2.40. The number of amides is 1. The third-order valence-corrected chi connectivity index (χ3v) is 7.81. The minimum atomic E-state index is -1.01. The largest absolute Gasteiger partial charge is 0.480 e. The van der Waals surface area contributed by atoms with E-state index in [1.54, 1.807) is 0 Å². The molecular weight excluding hydrogens is 528 g/mol. The van der Waals surface area contributed by atoms with Crippen molar-refractivity contribution in [2.24, 2.45) is 5.73 Å². The summed E-state index contributed by atoms with van der Waals surface area (Å²) >= 11 is 0. The van der Waals surface area contributed by atoms with Crippen LogP contribution in [0, 0.1) is 0 Å². The van der Waals surface area contributed by atoms with E-state index in [0.717, 1.165) is 64.2 Å². The van der Waals surface area contributed by atoms with Crippen molar-refractivity contribution in [3.63, 3.8) is 0 Å². The van der Waals surface area contributed by atoms with Crippen molar-refractivity contribution in [1.29, 1.82) is 0 Å². The van der Waals surface area contributed by atoms with Crippen molar-refractivity contribution in [3.05, 3.63) is 12.2 Å². The smallest absolute Gasteiger partial charge is 0.326 e. The number of hydrogen-bond acceptors (Lipinski definition) is 5. The molecule has 0 aromatic carbocycles. The summed E-state index contributed by atoms with van der Waals surface area (Å²) in [5.41, 5.74) is 5.45. The minimum absolute atomic E-state index is 0.0193. The van der Waals surface area contributed by atoms with Gasteiger partial charge in [0.15, 0.2) is 0 Å². The maximum absolute atomic E-state index is 12.6. The molecule has 0 aliphatic heterocycles. The Morgan fingerprint density at radius 2 is 1.21 bits per heavy atom. The topological polar surface area (TPSA) is 119 Å². The Kier molecular flexibility index (Phi) is 29.2. The third-order valence-electron chi connectivity index (χ3n) is 7.81. The minimum Gasteiger partial charge on any atom is -0.480 e. The van der Waals surface area contributed by atoms with Crippen LogP contribution < -0.4 is 11.1 Å². The van der Waals surface area contributed by atoms with Crippen LogP contribution in [0.5, 0.6) is 0 Å². The fourth-order valence-corrected chi connectivity index (χ4v) is 5.16. The van der Waals surface area contributed by atoms with E-state index in [4.69, 9.17) is 10.5 Å². The molecule has 0 bridgehead atoms. The van der Waals surface area contributed by atoms with Crippen LogP contribution in [0.15, 0.2) is 12.2 Å². The number of nitrogens with two attached hydrogens (primary N) is 1. The molecule has 2 unspecified atom stereocenters. The first-order valence-electron chi connectivity index (χ1n) is 17.5. The summed E-state index contributed by atoms with van der Waals surface area (Å²) in [6, 6.07) is -0.852. The fraction of sp³-hybridized carbons (Fsp3) is 0.857. The Bertz CT molecular complexity index is 682. The van der Waals surface area contributed by atoms with Crippen LogP contribution in [0.1, 0.15) is 174 Å². The van der Waals surface area contributed by atoms with Crippen molar-refractivity contribution >= 4 is 17.8 Å². The second-order valence-electron chi connectivity index (χ2n) is 11.9. The number of carbonyl (C=O) groups is 3. The van der Waals surface area contributed by atoms with Gasteiger partial charge in [0, 0.05) is 12.8 Å². The normalized spacial score (nSPS) is 12.8. The number of aliphatic carboxylic acids is 1. The van der Waals surface area contributed by atoms with Crippen LogP contribution in [0.4, 0.5) is 0 Å². The van der Waals surface area contributed by atoms with Gasteiger partial charge in [0.1, 0.15) is 12.1 Å². The first-order chi connectivity index (χ1) is 20.4. The molecule has 42 heavy (non-hydrogen) atoms. The van der Waals surface area contributed by atoms with Gasteiger partial charge in [0.25, 0.3) is 0 Å². The first kappa shape index (κ1) is 40.1. The average Bonchev–Trinajstić information content (AvgIpc) is 2.97. The molecule has 0 aromatic rings. The van der Waals surface area contributed by atoms with Crippen molar-refractivity contribution in [2.75, 3.05) is 6.54 Å². The molecule has 0 saturated carbocycles. The van der Waals surface area contributed by atoms with E-state index in [1.807, 2.05) is 0 Å². The molecule has 7 nitrogen and oxygen atoms in total. The molecule has 0 heterocycles. The zero-order valence-corrected chi connectivity index (χ0v) is 27.4. The Hall–Kier alpha value is -1.89. The van der Waals surface area contributed by atoms with Crippen LogP contribution in [0.3, 0.4) is 0 Å². The Morgan fingerprint density at radius 3 is 1.81 bits per heavy atom. The number of nitrogens with one attached hydrogen (secondary N) is 1. The summed E-state index contributed by atoms with van der Waals surface area (Å²) in [5, 5.41) is 11.9. The molecule has 0 spiro atoms. The highest BCUT2D eigenvalue weighted by atomic mass is 16.5. The lowest BCUT2D eigenvalue weighted by atomic mass is 10.0. The summed E-state index contributed by atoms with van der Waals surface area (Å²) in [4.78, 5) is 36.0. The standard InChI is InChI=1S/C35H66N2O5/c1-3-5-7-9-11-12-13-14-19-23-29-34(39)42-31(25-20-16-10-8-6-4-2)26-21-17-15-18-22-28-33(38)37-32(35(40)41)27-24-30-36/h7,9,31-32H,3-6,8,10-30,36H2,1-2H3,(H,37,38)(H,40,41)/b9-7-. The van der Waals surface area contributed by atoms with Gasteiger partial charge in [0.2, 0.25) is 5.91 Å². The van der Waals surface area contributed by atoms with Gasteiger partial charge >= 0.3 is 11.9 Å². The zero-order chi connectivity index (χ0) is 31.1. The van der Waals surface area contributed by atoms with Crippen LogP contribution in [0.25, 0.3) is 0 Å². The molecule has 0 rings (SSSR count). The maximum Gasteiger partial charge on any atom is 0.326 e. The molecule has 1 amide bonds. The lowest BCUT2D eigenvalue weighted by Gasteiger charge is -2.18. The molecule has 0 aromatic heterocycles. The van der Waals surface area contributed by atoms with Gasteiger partial charge in [-0.1, -0.05) is 103 Å². The first-order valence-corrected chi connectivity index (χ1v) is 17.5. The molecule has 246 valence electrons. The van der Waals surface area contributed by atoms with Crippen LogP contribution in [0.2, 0.25) is 0 Å². The number of unbranched alkanes of at least 4 members (excludes halogenated alkanes) is 15. The SMILES string of the molecule is CCC/C=C\CCCCCCCC(=O)OC(CCCCCCCC)CCCCCCCC(=O)NC(CCCN)C(=O)O. The Morgan fingerprint density at radius 1 is 0.667 bits per heavy atom. The van der Waals surface area contributed by atoms with Crippen molar-refractivity contribution in [2.45, 2.75) is 187 Å². The molecule has 0 saturated heterocycles. The van der Waals surface area contributed by atoms with Gasteiger partial charge in [-0.3, -0.25) is 9.59 Å². The molecule has 4 N–H and O–H groups in total. The van der Waals surface area contributed by atoms with E-state index >= 15 is 0 Å². The average molecular weight is 595 g/mol. The monoisotopic (exact) mass is 594 g/mol. The van der Waals surface area contributed by atoms with E-state index in [9.17, 15) is 19.5 Å². The second kappa shape index (κ2) is 30.6. The Balaban J connectivity index is 4.21. The lowest BCUT2D eigenvalue weighted by molar-refractivity contribution is -0.150.